The molecule has 0 aliphatic carbocycles. The molecule has 1 aromatic carbocycles. The van der Waals surface area contributed by atoms with Gasteiger partial charge in [-0.15, -0.1) is 0 Å². The zero-order valence-corrected chi connectivity index (χ0v) is 12.1. The van der Waals surface area contributed by atoms with E-state index in [4.69, 9.17) is 4.74 Å². The number of carbonyl (C=O) groups excluding carboxylic acids is 1. The molecule has 0 bridgehead atoms. The second kappa shape index (κ2) is 6.68. The lowest BCUT2D eigenvalue weighted by molar-refractivity contribution is 0.0243. The zero-order chi connectivity index (χ0) is 14.5. The molecule has 1 unspecified atom stereocenters. The molecule has 0 aliphatic heterocycles. The summed E-state index contributed by atoms with van der Waals surface area (Å²) in [5, 5.41) is 12.8. The maximum Gasteiger partial charge on any atom is 0.251 e. The second-order valence-electron chi connectivity index (χ2n) is 5.22. The Morgan fingerprint density at radius 1 is 1.37 bits per heavy atom. The number of rotatable bonds is 6. The number of benzene rings is 1. The fraction of sp³-hybridized carbons (Fsp3) is 0.533. The highest BCUT2D eigenvalue weighted by Crippen LogP contribution is 2.11. The van der Waals surface area contributed by atoms with Crippen LogP contribution >= 0.6 is 0 Å². The summed E-state index contributed by atoms with van der Waals surface area (Å²) >= 11 is 0. The van der Waals surface area contributed by atoms with Gasteiger partial charge in [0.15, 0.2) is 0 Å². The van der Waals surface area contributed by atoms with Crippen molar-refractivity contribution >= 4 is 5.91 Å². The van der Waals surface area contributed by atoms with Crippen molar-refractivity contribution < 1.29 is 14.6 Å². The van der Waals surface area contributed by atoms with Crippen LogP contribution < -0.4 is 5.32 Å². The molecule has 1 amide bonds. The van der Waals surface area contributed by atoms with Crippen LogP contribution in [0.3, 0.4) is 0 Å². The first kappa shape index (κ1) is 15.7. The molecule has 0 fully saturated rings. The molecular weight excluding hydrogens is 242 g/mol. The van der Waals surface area contributed by atoms with Crippen LogP contribution in [0.5, 0.6) is 0 Å². The number of aryl methyl sites for hydroxylation is 2. The predicted octanol–water partition coefficient (Wildman–Crippen LogP) is 1.82. The van der Waals surface area contributed by atoms with E-state index < -0.39 is 5.60 Å². The smallest absolute Gasteiger partial charge is 0.251 e. The zero-order valence-electron chi connectivity index (χ0n) is 12.1. The summed E-state index contributed by atoms with van der Waals surface area (Å²) < 4.78 is 4.93. The molecule has 1 atom stereocenters. The van der Waals surface area contributed by atoms with Crippen LogP contribution in [0.1, 0.15) is 34.8 Å². The van der Waals surface area contributed by atoms with Crippen LogP contribution in [0, 0.1) is 13.8 Å². The third-order valence-corrected chi connectivity index (χ3v) is 3.24. The Labute approximate surface area is 114 Å². The van der Waals surface area contributed by atoms with Gasteiger partial charge in [0.2, 0.25) is 0 Å². The van der Waals surface area contributed by atoms with Gasteiger partial charge in [0.05, 0.1) is 5.60 Å². The average Bonchev–Trinajstić information content (AvgIpc) is 2.37. The number of methoxy groups -OCH3 is 1. The van der Waals surface area contributed by atoms with Gasteiger partial charge >= 0.3 is 0 Å². The number of hydrogen-bond acceptors (Lipinski definition) is 3. The Morgan fingerprint density at radius 2 is 2.05 bits per heavy atom. The van der Waals surface area contributed by atoms with Crippen molar-refractivity contribution in [2.24, 2.45) is 0 Å². The van der Waals surface area contributed by atoms with Gasteiger partial charge in [0, 0.05) is 32.2 Å². The molecule has 2 N–H and O–H groups in total. The Balaban J connectivity index is 2.57. The molecule has 0 radical (unpaired) electrons. The van der Waals surface area contributed by atoms with Crippen molar-refractivity contribution in [1.29, 1.82) is 0 Å². The van der Waals surface area contributed by atoms with Gasteiger partial charge in [-0.2, -0.15) is 0 Å². The number of aliphatic hydroxyl groups is 1. The summed E-state index contributed by atoms with van der Waals surface area (Å²) in [4.78, 5) is 12.0. The molecule has 0 saturated heterocycles. The number of hydrogen-bond donors (Lipinski definition) is 2. The lowest BCUT2D eigenvalue weighted by Crippen LogP contribution is -2.41. The highest BCUT2D eigenvalue weighted by molar-refractivity contribution is 5.94. The maximum atomic E-state index is 12.0. The van der Waals surface area contributed by atoms with Gasteiger partial charge < -0.3 is 15.2 Å². The highest BCUT2D eigenvalue weighted by atomic mass is 16.5. The molecule has 106 valence electrons. The van der Waals surface area contributed by atoms with Crippen molar-refractivity contribution in [3.63, 3.8) is 0 Å². The average molecular weight is 265 g/mol. The molecular formula is C15H23NO3. The summed E-state index contributed by atoms with van der Waals surface area (Å²) in [6, 6.07) is 5.57. The lowest BCUT2D eigenvalue weighted by atomic mass is 10.0. The van der Waals surface area contributed by atoms with Crippen LogP contribution in [0.2, 0.25) is 0 Å². The van der Waals surface area contributed by atoms with Gasteiger partial charge in [-0.3, -0.25) is 4.79 Å². The van der Waals surface area contributed by atoms with E-state index in [1.54, 1.807) is 20.1 Å². The van der Waals surface area contributed by atoms with Gasteiger partial charge in [0.1, 0.15) is 0 Å². The fourth-order valence-corrected chi connectivity index (χ4v) is 1.67. The van der Waals surface area contributed by atoms with E-state index in [0.717, 1.165) is 11.1 Å². The minimum Gasteiger partial charge on any atom is -0.388 e. The second-order valence-corrected chi connectivity index (χ2v) is 5.22. The van der Waals surface area contributed by atoms with E-state index in [1.165, 1.54) is 0 Å². The first-order chi connectivity index (χ1) is 8.85. The van der Waals surface area contributed by atoms with E-state index in [9.17, 15) is 9.90 Å². The first-order valence-electron chi connectivity index (χ1n) is 6.42. The Hall–Kier alpha value is -1.39. The molecule has 1 aromatic rings. The molecule has 0 saturated carbocycles. The van der Waals surface area contributed by atoms with Crippen molar-refractivity contribution in [2.75, 3.05) is 20.3 Å². The molecule has 0 aromatic heterocycles. The maximum absolute atomic E-state index is 12.0. The molecule has 0 aliphatic rings. The van der Waals surface area contributed by atoms with E-state index in [-0.39, 0.29) is 12.5 Å². The molecule has 19 heavy (non-hydrogen) atoms. The molecule has 0 heterocycles. The van der Waals surface area contributed by atoms with Crippen LogP contribution in [0.25, 0.3) is 0 Å². The lowest BCUT2D eigenvalue weighted by Gasteiger charge is -2.23. The summed E-state index contributed by atoms with van der Waals surface area (Å²) in [7, 11) is 1.59. The third-order valence-electron chi connectivity index (χ3n) is 3.24. The summed E-state index contributed by atoms with van der Waals surface area (Å²) in [6.45, 7) is 6.34. The van der Waals surface area contributed by atoms with Crippen molar-refractivity contribution in [3.8, 4) is 0 Å². The van der Waals surface area contributed by atoms with Crippen LogP contribution in [-0.4, -0.2) is 36.9 Å². The highest BCUT2D eigenvalue weighted by Gasteiger charge is 2.21. The quantitative estimate of drug-likeness (QED) is 0.825. The topological polar surface area (TPSA) is 58.6 Å². The largest absolute Gasteiger partial charge is 0.388 e. The number of nitrogens with one attached hydrogen (secondary N) is 1. The Kier molecular flexibility index (Phi) is 5.51. The summed E-state index contributed by atoms with van der Waals surface area (Å²) in [5.74, 6) is -0.166. The van der Waals surface area contributed by atoms with Gasteiger partial charge in [0.25, 0.3) is 5.91 Å². The number of ether oxygens (including phenoxy) is 1. The van der Waals surface area contributed by atoms with Crippen molar-refractivity contribution in [1.82, 2.24) is 5.32 Å². The van der Waals surface area contributed by atoms with E-state index in [1.807, 2.05) is 26.0 Å². The minimum atomic E-state index is -0.953. The van der Waals surface area contributed by atoms with E-state index in [0.29, 0.717) is 18.6 Å². The molecule has 1 rings (SSSR count). The van der Waals surface area contributed by atoms with Gasteiger partial charge in [-0.25, -0.2) is 0 Å². The van der Waals surface area contributed by atoms with E-state index >= 15 is 0 Å². The van der Waals surface area contributed by atoms with Crippen LogP contribution in [0.4, 0.5) is 0 Å². The Bertz CT molecular complexity index is 441. The monoisotopic (exact) mass is 265 g/mol. The summed E-state index contributed by atoms with van der Waals surface area (Å²) in [5.41, 5.74) is 1.90. The van der Waals surface area contributed by atoms with Crippen molar-refractivity contribution in [2.45, 2.75) is 32.8 Å². The minimum absolute atomic E-state index is 0.166. The molecule has 4 nitrogen and oxygen atoms in total. The molecule has 4 heteroatoms. The van der Waals surface area contributed by atoms with E-state index in [2.05, 4.69) is 5.32 Å². The van der Waals surface area contributed by atoms with Crippen LogP contribution in [-0.2, 0) is 4.74 Å². The third kappa shape index (κ3) is 5.01. The SMILES string of the molecule is COCCC(C)(O)CNC(=O)c1ccc(C)c(C)c1. The number of amides is 1. The standard InChI is InChI=1S/C15H23NO3/c1-11-5-6-13(9-12(11)2)14(17)16-10-15(3,18)7-8-19-4/h5-6,9,18H,7-8,10H2,1-4H3,(H,16,17). The fourth-order valence-electron chi connectivity index (χ4n) is 1.67. The van der Waals surface area contributed by atoms with Crippen LogP contribution in [0.15, 0.2) is 18.2 Å². The predicted molar refractivity (Wildman–Crippen MR) is 75.4 cm³/mol. The van der Waals surface area contributed by atoms with Gasteiger partial charge in [-0.05, 0) is 44.0 Å². The summed E-state index contributed by atoms with van der Waals surface area (Å²) in [6.07, 6.45) is 0.483. The van der Waals surface area contributed by atoms with Crippen molar-refractivity contribution in [3.05, 3.63) is 34.9 Å². The molecule has 0 spiro atoms. The number of carbonyl (C=O) groups is 1. The normalized spacial score (nSPS) is 13.9. The first-order valence-corrected chi connectivity index (χ1v) is 6.42. The van der Waals surface area contributed by atoms with Gasteiger partial charge in [-0.1, -0.05) is 6.07 Å². The Morgan fingerprint density at radius 3 is 2.63 bits per heavy atom.